The second kappa shape index (κ2) is 6.04. The summed E-state index contributed by atoms with van der Waals surface area (Å²) < 4.78 is 6.63. The summed E-state index contributed by atoms with van der Waals surface area (Å²) in [5.41, 5.74) is -1.13. The van der Waals surface area contributed by atoms with Gasteiger partial charge in [0.1, 0.15) is 12.4 Å². The number of halogens is 1. The van der Waals surface area contributed by atoms with Gasteiger partial charge in [-0.25, -0.2) is 0 Å². The molecule has 0 aliphatic carbocycles. The molecule has 0 amide bonds. The van der Waals surface area contributed by atoms with Crippen molar-refractivity contribution in [3.05, 3.63) is 28.7 Å². The maximum atomic E-state index is 9.99. The van der Waals surface area contributed by atoms with Crippen molar-refractivity contribution in [3.63, 3.8) is 0 Å². The Morgan fingerprint density at radius 1 is 1.28 bits per heavy atom. The van der Waals surface area contributed by atoms with Gasteiger partial charge in [0.05, 0.1) is 5.60 Å². The van der Waals surface area contributed by atoms with E-state index in [1.54, 1.807) is 13.8 Å². The summed E-state index contributed by atoms with van der Waals surface area (Å²) in [5, 5.41) is 13.3. The molecular weight excluding hydrogens is 294 g/mol. The molecule has 1 aromatic carbocycles. The molecule has 0 aliphatic rings. The van der Waals surface area contributed by atoms with Crippen LogP contribution in [0, 0.1) is 0 Å². The predicted molar refractivity (Wildman–Crippen MR) is 78.0 cm³/mol. The molecule has 0 radical (unpaired) electrons. The highest BCUT2D eigenvalue weighted by molar-refractivity contribution is 9.10. The fourth-order valence-corrected chi connectivity index (χ4v) is 1.68. The fourth-order valence-electron chi connectivity index (χ4n) is 1.31. The minimum absolute atomic E-state index is 0.354. The van der Waals surface area contributed by atoms with Crippen molar-refractivity contribution in [3.8, 4) is 5.75 Å². The summed E-state index contributed by atoms with van der Waals surface area (Å²) >= 11 is 3.40. The molecule has 0 fully saturated rings. The topological polar surface area (TPSA) is 41.5 Å². The van der Waals surface area contributed by atoms with Gasteiger partial charge >= 0.3 is 0 Å². The third-order valence-corrected chi connectivity index (χ3v) is 3.76. The Balaban J connectivity index is 2.35. The van der Waals surface area contributed by atoms with E-state index in [1.807, 2.05) is 38.1 Å². The van der Waals surface area contributed by atoms with Crippen LogP contribution in [0.5, 0.6) is 5.75 Å². The van der Waals surface area contributed by atoms with Crippen LogP contribution in [-0.4, -0.2) is 29.4 Å². The third-order valence-electron chi connectivity index (χ3n) is 3.26. The number of aliphatic hydroxyl groups is 1. The lowest BCUT2D eigenvalue weighted by Crippen LogP contribution is -2.56. The van der Waals surface area contributed by atoms with Gasteiger partial charge in [-0.3, -0.25) is 0 Å². The van der Waals surface area contributed by atoms with Crippen molar-refractivity contribution in [2.24, 2.45) is 0 Å². The number of hydrogen-bond acceptors (Lipinski definition) is 3. The zero-order valence-corrected chi connectivity index (χ0v) is 13.0. The number of hydrogen-bond donors (Lipinski definition) is 2. The molecule has 1 rings (SSSR count). The van der Waals surface area contributed by atoms with E-state index in [0.717, 1.165) is 10.2 Å². The van der Waals surface area contributed by atoms with E-state index in [1.165, 1.54) is 0 Å². The summed E-state index contributed by atoms with van der Waals surface area (Å²) in [5.74, 6) is 0.840. The van der Waals surface area contributed by atoms with Crippen molar-refractivity contribution >= 4 is 15.9 Å². The molecule has 102 valence electrons. The minimum Gasteiger partial charge on any atom is -0.492 e. The fraction of sp³-hybridized carbons (Fsp3) is 0.571. The van der Waals surface area contributed by atoms with Crippen molar-refractivity contribution in [1.82, 2.24) is 5.32 Å². The molecule has 0 bridgehead atoms. The second-order valence-electron chi connectivity index (χ2n) is 5.42. The first kappa shape index (κ1) is 15.5. The molecule has 0 aliphatic heterocycles. The zero-order chi connectivity index (χ0) is 13.8. The van der Waals surface area contributed by atoms with E-state index in [0.29, 0.717) is 13.2 Å². The van der Waals surface area contributed by atoms with Gasteiger partial charge in [0.15, 0.2) is 0 Å². The third kappa shape index (κ3) is 4.59. The van der Waals surface area contributed by atoms with Gasteiger partial charge in [0, 0.05) is 16.6 Å². The molecular formula is C14H22BrNO2. The molecule has 18 heavy (non-hydrogen) atoms. The lowest BCUT2D eigenvalue weighted by Gasteiger charge is -2.38. The van der Waals surface area contributed by atoms with E-state index in [2.05, 4.69) is 21.2 Å². The van der Waals surface area contributed by atoms with Gasteiger partial charge in [0.25, 0.3) is 0 Å². The Morgan fingerprint density at radius 3 is 2.50 bits per heavy atom. The Hall–Kier alpha value is -0.580. The summed E-state index contributed by atoms with van der Waals surface area (Å²) in [4.78, 5) is 0. The number of rotatable bonds is 6. The van der Waals surface area contributed by atoms with Gasteiger partial charge in [0.2, 0.25) is 0 Å². The van der Waals surface area contributed by atoms with Crippen LogP contribution in [0.15, 0.2) is 28.7 Å². The molecule has 0 heterocycles. The first-order valence-electron chi connectivity index (χ1n) is 6.08. The van der Waals surface area contributed by atoms with Crippen LogP contribution in [0.3, 0.4) is 0 Å². The molecule has 0 spiro atoms. The van der Waals surface area contributed by atoms with Crippen LogP contribution in [0.2, 0.25) is 0 Å². The summed E-state index contributed by atoms with van der Waals surface area (Å²) in [7, 11) is 0. The van der Waals surface area contributed by atoms with Crippen molar-refractivity contribution in [2.45, 2.75) is 38.8 Å². The molecule has 2 N–H and O–H groups in total. The quantitative estimate of drug-likeness (QED) is 0.793. The summed E-state index contributed by atoms with van der Waals surface area (Å²) in [6.45, 7) is 8.81. The number of nitrogens with one attached hydrogen (secondary N) is 1. The van der Waals surface area contributed by atoms with Gasteiger partial charge in [-0.1, -0.05) is 22.0 Å². The van der Waals surface area contributed by atoms with Crippen LogP contribution < -0.4 is 10.1 Å². The zero-order valence-electron chi connectivity index (χ0n) is 11.5. The van der Waals surface area contributed by atoms with Crippen LogP contribution in [0.4, 0.5) is 0 Å². The van der Waals surface area contributed by atoms with Gasteiger partial charge in [-0.15, -0.1) is 0 Å². The highest BCUT2D eigenvalue weighted by Crippen LogP contribution is 2.20. The number of benzene rings is 1. The Morgan fingerprint density at radius 2 is 1.94 bits per heavy atom. The van der Waals surface area contributed by atoms with Crippen LogP contribution in [0.1, 0.15) is 27.7 Å². The largest absolute Gasteiger partial charge is 0.492 e. The number of ether oxygens (including phenoxy) is 1. The van der Waals surface area contributed by atoms with Crippen molar-refractivity contribution in [1.29, 1.82) is 0 Å². The van der Waals surface area contributed by atoms with Crippen molar-refractivity contribution in [2.75, 3.05) is 13.2 Å². The van der Waals surface area contributed by atoms with E-state index in [-0.39, 0.29) is 5.54 Å². The lowest BCUT2D eigenvalue weighted by molar-refractivity contribution is -0.00550. The molecule has 4 heteroatoms. The Labute approximate surface area is 118 Å². The standard InChI is InChI=1S/C14H22BrNO2/c1-13(2,14(3,4)17)16-8-9-18-12-7-5-6-11(15)10-12/h5-7,10,16-17H,8-9H2,1-4H3. The normalized spacial score (nSPS) is 12.6. The molecule has 0 unspecified atom stereocenters. The SMILES string of the molecule is CC(C)(O)C(C)(C)NCCOc1cccc(Br)c1. The average molecular weight is 316 g/mol. The molecule has 0 saturated carbocycles. The van der Waals surface area contributed by atoms with Crippen LogP contribution in [-0.2, 0) is 0 Å². The maximum Gasteiger partial charge on any atom is 0.120 e. The highest BCUT2D eigenvalue weighted by atomic mass is 79.9. The Bertz CT molecular complexity index is 386. The first-order chi connectivity index (χ1) is 8.22. The van der Waals surface area contributed by atoms with E-state index >= 15 is 0 Å². The van der Waals surface area contributed by atoms with E-state index < -0.39 is 5.60 Å². The van der Waals surface area contributed by atoms with E-state index in [9.17, 15) is 5.11 Å². The average Bonchev–Trinajstić information content (AvgIpc) is 2.23. The summed E-state index contributed by atoms with van der Waals surface area (Å²) in [6, 6.07) is 7.75. The van der Waals surface area contributed by atoms with Crippen LogP contribution in [0.25, 0.3) is 0 Å². The molecule has 0 aromatic heterocycles. The lowest BCUT2D eigenvalue weighted by atomic mass is 9.86. The van der Waals surface area contributed by atoms with E-state index in [4.69, 9.17) is 4.74 Å². The Kier molecular flexibility index (Phi) is 5.20. The summed E-state index contributed by atoms with van der Waals surface area (Å²) in [6.07, 6.45) is 0. The molecule has 0 atom stereocenters. The first-order valence-corrected chi connectivity index (χ1v) is 6.87. The van der Waals surface area contributed by atoms with Gasteiger partial charge in [-0.2, -0.15) is 0 Å². The van der Waals surface area contributed by atoms with Crippen molar-refractivity contribution < 1.29 is 9.84 Å². The second-order valence-corrected chi connectivity index (χ2v) is 6.33. The highest BCUT2D eigenvalue weighted by Gasteiger charge is 2.34. The molecule has 1 aromatic rings. The predicted octanol–water partition coefficient (Wildman–Crippen LogP) is 2.97. The maximum absolute atomic E-state index is 9.99. The smallest absolute Gasteiger partial charge is 0.120 e. The van der Waals surface area contributed by atoms with Crippen LogP contribution >= 0.6 is 15.9 Å². The molecule has 3 nitrogen and oxygen atoms in total. The van der Waals surface area contributed by atoms with Gasteiger partial charge in [-0.05, 0) is 45.9 Å². The van der Waals surface area contributed by atoms with Gasteiger partial charge < -0.3 is 15.2 Å². The molecule has 0 saturated heterocycles. The minimum atomic E-state index is -0.775. The monoisotopic (exact) mass is 315 g/mol.